The standard InChI is InChI=1S/C11H15F2N3O4S/c12-11(13)16-2-1-14-9(16)6-15-3-4-21(19,20)7-8(15)5-10(17)18/h1-2,8,11H,3-7H2,(H,17,18). The van der Waals surface area contributed by atoms with Gasteiger partial charge in [-0.05, 0) is 0 Å². The van der Waals surface area contributed by atoms with Gasteiger partial charge in [-0.3, -0.25) is 14.3 Å². The Labute approximate surface area is 120 Å². The summed E-state index contributed by atoms with van der Waals surface area (Å²) < 4.78 is 49.4. The number of carboxylic acids is 1. The molecule has 1 unspecified atom stereocenters. The quantitative estimate of drug-likeness (QED) is 0.841. The molecule has 1 aliphatic rings. The lowest BCUT2D eigenvalue weighted by molar-refractivity contribution is -0.138. The smallest absolute Gasteiger partial charge is 0.319 e. The fourth-order valence-corrected chi connectivity index (χ4v) is 3.94. The van der Waals surface area contributed by atoms with E-state index in [1.165, 1.54) is 6.20 Å². The molecule has 1 fully saturated rings. The van der Waals surface area contributed by atoms with Crippen molar-refractivity contribution in [1.29, 1.82) is 0 Å². The van der Waals surface area contributed by atoms with Crippen molar-refractivity contribution >= 4 is 15.8 Å². The number of halogens is 2. The van der Waals surface area contributed by atoms with Gasteiger partial charge in [0.25, 0.3) is 0 Å². The Kier molecular flexibility index (Phi) is 4.57. The zero-order valence-electron chi connectivity index (χ0n) is 11.0. The second-order valence-corrected chi connectivity index (χ2v) is 7.09. The van der Waals surface area contributed by atoms with Crippen LogP contribution in [-0.4, -0.2) is 58.0 Å². The predicted molar refractivity (Wildman–Crippen MR) is 68.6 cm³/mol. The number of sulfone groups is 1. The summed E-state index contributed by atoms with van der Waals surface area (Å²) in [6.45, 7) is -2.64. The third-order valence-corrected chi connectivity index (χ3v) is 5.06. The lowest BCUT2D eigenvalue weighted by Crippen LogP contribution is -2.49. The van der Waals surface area contributed by atoms with Gasteiger partial charge in [0, 0.05) is 25.0 Å². The van der Waals surface area contributed by atoms with E-state index < -0.39 is 28.4 Å². The first-order valence-electron chi connectivity index (χ1n) is 6.24. The van der Waals surface area contributed by atoms with Crippen LogP contribution >= 0.6 is 0 Å². The van der Waals surface area contributed by atoms with E-state index in [9.17, 15) is 22.0 Å². The lowest BCUT2D eigenvalue weighted by atomic mass is 10.2. The van der Waals surface area contributed by atoms with Crippen molar-refractivity contribution in [2.24, 2.45) is 0 Å². The maximum Gasteiger partial charge on any atom is 0.319 e. The molecular weight excluding hydrogens is 308 g/mol. The normalized spacial score (nSPS) is 22.5. The van der Waals surface area contributed by atoms with E-state index in [2.05, 4.69) is 4.98 Å². The second-order valence-electron chi connectivity index (χ2n) is 4.86. The van der Waals surface area contributed by atoms with Gasteiger partial charge in [-0.2, -0.15) is 8.78 Å². The molecule has 1 N–H and O–H groups in total. The van der Waals surface area contributed by atoms with Crippen molar-refractivity contribution in [3.8, 4) is 0 Å². The summed E-state index contributed by atoms with van der Waals surface area (Å²) in [5.74, 6) is -1.44. The number of hydrogen-bond donors (Lipinski definition) is 1. The van der Waals surface area contributed by atoms with Crippen molar-refractivity contribution < 1.29 is 27.1 Å². The summed E-state index contributed by atoms with van der Waals surface area (Å²) in [6.07, 6.45) is 2.01. The summed E-state index contributed by atoms with van der Waals surface area (Å²) in [5.41, 5.74) is 0. The average molecular weight is 323 g/mol. The average Bonchev–Trinajstić information content (AvgIpc) is 2.79. The van der Waals surface area contributed by atoms with Crippen molar-refractivity contribution in [3.63, 3.8) is 0 Å². The first-order chi connectivity index (χ1) is 9.78. The molecule has 0 bridgehead atoms. The van der Waals surface area contributed by atoms with Gasteiger partial charge in [-0.15, -0.1) is 0 Å². The van der Waals surface area contributed by atoms with Crippen LogP contribution in [0.25, 0.3) is 0 Å². The minimum atomic E-state index is -3.30. The molecule has 1 aromatic heterocycles. The van der Waals surface area contributed by atoms with Crippen LogP contribution in [0, 0.1) is 0 Å². The van der Waals surface area contributed by atoms with E-state index in [1.54, 1.807) is 4.90 Å². The largest absolute Gasteiger partial charge is 0.481 e. The van der Waals surface area contributed by atoms with E-state index in [0.717, 1.165) is 6.20 Å². The Morgan fingerprint density at radius 2 is 2.24 bits per heavy atom. The Morgan fingerprint density at radius 1 is 1.52 bits per heavy atom. The second kappa shape index (κ2) is 6.06. The summed E-state index contributed by atoms with van der Waals surface area (Å²) in [4.78, 5) is 16.2. The molecule has 2 heterocycles. The van der Waals surface area contributed by atoms with Crippen LogP contribution in [0.4, 0.5) is 8.78 Å². The highest BCUT2D eigenvalue weighted by Gasteiger charge is 2.33. The number of alkyl halides is 2. The van der Waals surface area contributed by atoms with E-state index in [1.807, 2.05) is 0 Å². The summed E-state index contributed by atoms with van der Waals surface area (Å²) >= 11 is 0. The van der Waals surface area contributed by atoms with Gasteiger partial charge in [0.1, 0.15) is 5.82 Å². The minimum Gasteiger partial charge on any atom is -0.481 e. The topological polar surface area (TPSA) is 92.5 Å². The molecular formula is C11H15F2N3O4S. The Morgan fingerprint density at radius 3 is 2.86 bits per heavy atom. The molecule has 7 nitrogen and oxygen atoms in total. The molecule has 0 radical (unpaired) electrons. The van der Waals surface area contributed by atoms with Gasteiger partial charge in [0.05, 0.1) is 24.5 Å². The van der Waals surface area contributed by atoms with Gasteiger partial charge >= 0.3 is 12.5 Å². The number of nitrogens with zero attached hydrogens (tertiary/aromatic N) is 3. The van der Waals surface area contributed by atoms with E-state index in [-0.39, 0.29) is 36.8 Å². The Balaban J connectivity index is 2.16. The van der Waals surface area contributed by atoms with Crippen molar-refractivity contribution in [3.05, 3.63) is 18.2 Å². The molecule has 0 aliphatic carbocycles. The highest BCUT2D eigenvalue weighted by Crippen LogP contribution is 2.20. The SMILES string of the molecule is O=C(O)CC1CS(=O)(=O)CCN1Cc1nccn1C(F)F. The number of carbonyl (C=O) groups is 1. The van der Waals surface area contributed by atoms with Gasteiger partial charge in [0.15, 0.2) is 9.84 Å². The lowest BCUT2D eigenvalue weighted by Gasteiger charge is -2.34. The summed E-state index contributed by atoms with van der Waals surface area (Å²) in [6, 6.07) is -0.732. The fraction of sp³-hybridized carbons (Fsp3) is 0.636. The number of hydrogen-bond acceptors (Lipinski definition) is 5. The molecule has 118 valence electrons. The van der Waals surface area contributed by atoms with Crippen LogP contribution in [0.1, 0.15) is 18.8 Å². The van der Waals surface area contributed by atoms with E-state index >= 15 is 0 Å². The highest BCUT2D eigenvalue weighted by molar-refractivity contribution is 7.91. The maximum atomic E-state index is 12.8. The van der Waals surface area contributed by atoms with Crippen LogP contribution in [0.2, 0.25) is 0 Å². The van der Waals surface area contributed by atoms with Crippen molar-refractivity contribution in [1.82, 2.24) is 14.5 Å². The van der Waals surface area contributed by atoms with E-state index in [0.29, 0.717) is 4.57 Å². The van der Waals surface area contributed by atoms with Gasteiger partial charge in [-0.25, -0.2) is 13.4 Å². The molecule has 1 atom stereocenters. The van der Waals surface area contributed by atoms with Crippen LogP contribution in [0.3, 0.4) is 0 Å². The third kappa shape index (κ3) is 3.97. The summed E-state index contributed by atoms with van der Waals surface area (Å²) in [5, 5.41) is 8.86. The van der Waals surface area contributed by atoms with Gasteiger partial charge < -0.3 is 5.11 Å². The predicted octanol–water partition coefficient (Wildman–Crippen LogP) is 0.352. The van der Waals surface area contributed by atoms with Gasteiger partial charge in [0.2, 0.25) is 0 Å². The van der Waals surface area contributed by atoms with Crippen LogP contribution in [-0.2, 0) is 21.2 Å². The first kappa shape index (κ1) is 15.8. The molecule has 0 amide bonds. The van der Waals surface area contributed by atoms with Crippen molar-refractivity contribution in [2.45, 2.75) is 25.6 Å². The first-order valence-corrected chi connectivity index (χ1v) is 8.07. The van der Waals surface area contributed by atoms with Crippen LogP contribution in [0.15, 0.2) is 12.4 Å². The molecule has 10 heteroatoms. The number of aliphatic carboxylic acids is 1. The Hall–Kier alpha value is -1.55. The minimum absolute atomic E-state index is 0.00912. The molecule has 0 saturated carbocycles. The molecule has 0 spiro atoms. The number of imidazole rings is 1. The fourth-order valence-electron chi connectivity index (χ4n) is 2.34. The number of aromatic nitrogens is 2. The maximum absolute atomic E-state index is 12.8. The molecule has 1 aliphatic heterocycles. The zero-order valence-corrected chi connectivity index (χ0v) is 11.8. The zero-order chi connectivity index (χ0) is 15.6. The molecule has 1 saturated heterocycles. The number of carboxylic acid groups (broad SMARTS) is 1. The number of rotatable bonds is 5. The van der Waals surface area contributed by atoms with E-state index in [4.69, 9.17) is 5.11 Å². The third-order valence-electron chi connectivity index (χ3n) is 3.37. The van der Waals surface area contributed by atoms with Crippen molar-refractivity contribution in [2.75, 3.05) is 18.1 Å². The van der Waals surface area contributed by atoms with Gasteiger partial charge in [-0.1, -0.05) is 0 Å². The highest BCUT2D eigenvalue weighted by atomic mass is 32.2. The van der Waals surface area contributed by atoms with Crippen LogP contribution in [0.5, 0.6) is 0 Å². The molecule has 21 heavy (non-hydrogen) atoms. The molecule has 0 aromatic carbocycles. The molecule has 1 aromatic rings. The van der Waals surface area contributed by atoms with Crippen LogP contribution < -0.4 is 0 Å². The Bertz CT molecular complexity index is 617. The monoisotopic (exact) mass is 323 g/mol. The molecule has 2 rings (SSSR count). The summed E-state index contributed by atoms with van der Waals surface area (Å²) in [7, 11) is -3.30.